The standard InChI is InChI=1S/C15H13N3O/c16-18-15-9-13(10-4-3-5-11(19)8-10)12-6-1-2-7-14(12)17-15/h1-9,19H,16H2,(H,17,18). The van der Waals surface area contributed by atoms with Gasteiger partial charge in [0.05, 0.1) is 5.52 Å². The third-order valence-corrected chi connectivity index (χ3v) is 3.02. The molecule has 0 fully saturated rings. The highest BCUT2D eigenvalue weighted by molar-refractivity contribution is 5.96. The molecule has 0 atom stereocenters. The van der Waals surface area contributed by atoms with E-state index in [9.17, 15) is 5.11 Å². The smallest absolute Gasteiger partial charge is 0.141 e. The van der Waals surface area contributed by atoms with Gasteiger partial charge in [-0.3, -0.25) is 0 Å². The van der Waals surface area contributed by atoms with Gasteiger partial charge in [0.25, 0.3) is 0 Å². The summed E-state index contributed by atoms with van der Waals surface area (Å²) in [5, 5.41) is 10.6. The SMILES string of the molecule is NNc1cc(-c2cccc(O)c2)c2ccccc2n1. The number of nitrogens with one attached hydrogen (secondary N) is 1. The van der Waals surface area contributed by atoms with E-state index >= 15 is 0 Å². The van der Waals surface area contributed by atoms with Crippen LogP contribution in [0.4, 0.5) is 5.82 Å². The van der Waals surface area contributed by atoms with Crippen molar-refractivity contribution in [1.29, 1.82) is 0 Å². The maximum Gasteiger partial charge on any atom is 0.141 e. The minimum atomic E-state index is 0.237. The summed E-state index contributed by atoms with van der Waals surface area (Å²) in [6, 6.07) is 16.8. The number of nitrogen functional groups attached to an aromatic ring is 1. The lowest BCUT2D eigenvalue weighted by Crippen LogP contribution is -2.08. The van der Waals surface area contributed by atoms with Crippen LogP contribution in [0.15, 0.2) is 54.6 Å². The number of aromatic nitrogens is 1. The molecule has 0 bridgehead atoms. The zero-order valence-corrected chi connectivity index (χ0v) is 10.2. The highest BCUT2D eigenvalue weighted by Crippen LogP contribution is 2.31. The van der Waals surface area contributed by atoms with Crippen molar-refractivity contribution in [1.82, 2.24) is 4.98 Å². The number of anilines is 1. The first kappa shape index (κ1) is 11.5. The van der Waals surface area contributed by atoms with Gasteiger partial charge in [0.15, 0.2) is 0 Å². The van der Waals surface area contributed by atoms with E-state index < -0.39 is 0 Å². The number of phenolic OH excluding ortho intramolecular Hbond substituents is 1. The molecule has 1 heterocycles. The average molecular weight is 251 g/mol. The Kier molecular flexibility index (Phi) is 2.78. The number of nitrogens with zero attached hydrogens (tertiary/aromatic N) is 1. The van der Waals surface area contributed by atoms with Gasteiger partial charge in [-0.05, 0) is 35.4 Å². The van der Waals surface area contributed by atoms with Gasteiger partial charge >= 0.3 is 0 Å². The molecule has 0 saturated heterocycles. The number of aromatic hydroxyl groups is 1. The van der Waals surface area contributed by atoms with Gasteiger partial charge in [0.2, 0.25) is 0 Å². The largest absolute Gasteiger partial charge is 0.508 e. The van der Waals surface area contributed by atoms with E-state index in [-0.39, 0.29) is 5.75 Å². The number of hydrazine groups is 1. The molecule has 0 radical (unpaired) electrons. The lowest BCUT2D eigenvalue weighted by molar-refractivity contribution is 0.475. The molecule has 0 unspecified atom stereocenters. The zero-order chi connectivity index (χ0) is 13.2. The first-order valence-electron chi connectivity index (χ1n) is 5.94. The number of hydrogen-bond acceptors (Lipinski definition) is 4. The van der Waals surface area contributed by atoms with Gasteiger partial charge in [-0.25, -0.2) is 10.8 Å². The highest BCUT2D eigenvalue weighted by Gasteiger charge is 2.07. The minimum absolute atomic E-state index is 0.237. The van der Waals surface area contributed by atoms with Crippen molar-refractivity contribution in [2.24, 2.45) is 5.84 Å². The number of hydrogen-bond donors (Lipinski definition) is 3. The van der Waals surface area contributed by atoms with Crippen LogP contribution in [0.3, 0.4) is 0 Å². The maximum atomic E-state index is 9.62. The normalized spacial score (nSPS) is 10.6. The molecule has 2 aromatic carbocycles. The molecule has 4 nitrogen and oxygen atoms in total. The third-order valence-electron chi connectivity index (χ3n) is 3.02. The molecule has 0 amide bonds. The summed E-state index contributed by atoms with van der Waals surface area (Å²) in [5.41, 5.74) is 5.33. The van der Waals surface area contributed by atoms with Crippen LogP contribution in [0.25, 0.3) is 22.0 Å². The molecule has 0 aliphatic rings. The van der Waals surface area contributed by atoms with E-state index in [4.69, 9.17) is 5.84 Å². The number of fused-ring (bicyclic) bond motifs is 1. The second-order valence-electron chi connectivity index (χ2n) is 4.27. The number of benzene rings is 2. The van der Waals surface area contributed by atoms with Crippen LogP contribution in [-0.2, 0) is 0 Å². The van der Waals surface area contributed by atoms with Crippen LogP contribution in [-0.4, -0.2) is 10.1 Å². The average Bonchev–Trinajstić information content (AvgIpc) is 2.46. The fourth-order valence-corrected chi connectivity index (χ4v) is 2.16. The Morgan fingerprint density at radius 1 is 1.00 bits per heavy atom. The molecule has 3 rings (SSSR count). The highest BCUT2D eigenvalue weighted by atomic mass is 16.3. The summed E-state index contributed by atoms with van der Waals surface area (Å²) in [4.78, 5) is 4.40. The molecular formula is C15H13N3O. The quantitative estimate of drug-likeness (QED) is 0.484. The Labute approximate surface area is 110 Å². The van der Waals surface area contributed by atoms with Crippen LogP contribution < -0.4 is 11.3 Å². The van der Waals surface area contributed by atoms with Crippen molar-refractivity contribution in [3.8, 4) is 16.9 Å². The van der Waals surface area contributed by atoms with Crippen LogP contribution in [0.5, 0.6) is 5.75 Å². The third kappa shape index (κ3) is 2.09. The summed E-state index contributed by atoms with van der Waals surface area (Å²) >= 11 is 0. The summed E-state index contributed by atoms with van der Waals surface area (Å²) in [6.07, 6.45) is 0. The minimum Gasteiger partial charge on any atom is -0.508 e. The summed E-state index contributed by atoms with van der Waals surface area (Å²) in [7, 11) is 0. The molecule has 1 aromatic heterocycles. The lowest BCUT2D eigenvalue weighted by atomic mass is 10.0. The maximum absolute atomic E-state index is 9.62. The monoisotopic (exact) mass is 251 g/mol. The van der Waals surface area contributed by atoms with E-state index in [1.54, 1.807) is 12.1 Å². The Balaban J connectivity index is 2.32. The Hall–Kier alpha value is -2.59. The molecule has 0 aliphatic heterocycles. The van der Waals surface area contributed by atoms with Gasteiger partial charge in [0, 0.05) is 5.39 Å². The Bertz CT molecular complexity index is 740. The number of rotatable bonds is 2. The second-order valence-corrected chi connectivity index (χ2v) is 4.27. The summed E-state index contributed by atoms with van der Waals surface area (Å²) in [6.45, 7) is 0. The summed E-state index contributed by atoms with van der Waals surface area (Å²) in [5.74, 6) is 6.29. The van der Waals surface area contributed by atoms with Crippen molar-refractivity contribution in [2.45, 2.75) is 0 Å². The first-order valence-corrected chi connectivity index (χ1v) is 5.94. The number of nitrogens with two attached hydrogens (primary N) is 1. The van der Waals surface area contributed by atoms with E-state index in [0.29, 0.717) is 5.82 Å². The van der Waals surface area contributed by atoms with E-state index in [2.05, 4.69) is 10.4 Å². The predicted octanol–water partition coefficient (Wildman–Crippen LogP) is 2.89. The number of para-hydroxylation sites is 1. The molecular weight excluding hydrogens is 238 g/mol. The molecule has 4 heteroatoms. The number of pyridine rings is 1. The molecule has 0 aliphatic carbocycles. The summed E-state index contributed by atoms with van der Waals surface area (Å²) < 4.78 is 0. The van der Waals surface area contributed by atoms with E-state index in [0.717, 1.165) is 22.0 Å². The van der Waals surface area contributed by atoms with Gasteiger partial charge in [0.1, 0.15) is 11.6 Å². The second kappa shape index (κ2) is 4.59. The van der Waals surface area contributed by atoms with Crippen molar-refractivity contribution in [2.75, 3.05) is 5.43 Å². The molecule has 0 saturated carbocycles. The topological polar surface area (TPSA) is 71.2 Å². The fourth-order valence-electron chi connectivity index (χ4n) is 2.16. The van der Waals surface area contributed by atoms with Crippen molar-refractivity contribution in [3.05, 3.63) is 54.6 Å². The van der Waals surface area contributed by atoms with Crippen LogP contribution in [0.2, 0.25) is 0 Å². The molecule has 94 valence electrons. The van der Waals surface area contributed by atoms with Gasteiger partial charge in [-0.15, -0.1) is 0 Å². The van der Waals surface area contributed by atoms with Crippen LogP contribution >= 0.6 is 0 Å². The molecule has 19 heavy (non-hydrogen) atoms. The van der Waals surface area contributed by atoms with E-state index in [1.165, 1.54) is 0 Å². The lowest BCUT2D eigenvalue weighted by Gasteiger charge is -2.09. The molecule has 0 spiro atoms. The molecule has 3 aromatic rings. The van der Waals surface area contributed by atoms with Gasteiger partial charge < -0.3 is 10.5 Å². The van der Waals surface area contributed by atoms with Crippen LogP contribution in [0, 0.1) is 0 Å². The fraction of sp³-hybridized carbons (Fsp3) is 0. The Morgan fingerprint density at radius 3 is 2.63 bits per heavy atom. The van der Waals surface area contributed by atoms with Crippen molar-refractivity contribution in [3.63, 3.8) is 0 Å². The number of phenols is 1. The molecule has 4 N–H and O–H groups in total. The van der Waals surface area contributed by atoms with Gasteiger partial charge in [-0.2, -0.15) is 0 Å². The predicted molar refractivity (Wildman–Crippen MR) is 76.7 cm³/mol. The zero-order valence-electron chi connectivity index (χ0n) is 10.2. The van der Waals surface area contributed by atoms with Crippen molar-refractivity contribution >= 4 is 16.7 Å². The Morgan fingerprint density at radius 2 is 1.84 bits per heavy atom. The van der Waals surface area contributed by atoms with Gasteiger partial charge in [-0.1, -0.05) is 30.3 Å². The first-order chi connectivity index (χ1) is 9.28. The van der Waals surface area contributed by atoms with E-state index in [1.807, 2.05) is 42.5 Å². The van der Waals surface area contributed by atoms with Crippen LogP contribution in [0.1, 0.15) is 0 Å². The van der Waals surface area contributed by atoms with Crippen molar-refractivity contribution < 1.29 is 5.11 Å².